The minimum absolute atomic E-state index is 0.0375. The van der Waals surface area contributed by atoms with E-state index in [-0.39, 0.29) is 17.9 Å². The number of carbonyl (C=O) groups is 2. The van der Waals surface area contributed by atoms with Crippen LogP contribution in [0.3, 0.4) is 0 Å². The van der Waals surface area contributed by atoms with Gasteiger partial charge < -0.3 is 15.2 Å². The fourth-order valence-electron chi connectivity index (χ4n) is 4.07. The second-order valence-corrected chi connectivity index (χ2v) is 7.62. The summed E-state index contributed by atoms with van der Waals surface area (Å²) in [5, 5.41) is 9.93. The van der Waals surface area contributed by atoms with Gasteiger partial charge in [-0.1, -0.05) is 11.2 Å². The third-order valence-electron chi connectivity index (χ3n) is 5.54. The summed E-state index contributed by atoms with van der Waals surface area (Å²) < 4.78 is 5.07. The smallest absolute Gasteiger partial charge is 0.256 e. The molecule has 7 nitrogen and oxygen atoms in total. The SMILES string of the molecule is CC(=O)N[C@H](c1ccccn1)C1CCC(CNC(=O)c2c(C)noc2C)CC1. The Morgan fingerprint density at radius 1 is 1.21 bits per heavy atom. The minimum Gasteiger partial charge on any atom is -0.361 e. The van der Waals surface area contributed by atoms with Crippen LogP contribution in [0.4, 0.5) is 0 Å². The van der Waals surface area contributed by atoms with Crippen LogP contribution in [0.15, 0.2) is 28.9 Å². The molecule has 7 heteroatoms. The van der Waals surface area contributed by atoms with Crippen molar-refractivity contribution in [1.82, 2.24) is 20.8 Å². The van der Waals surface area contributed by atoms with E-state index in [4.69, 9.17) is 4.52 Å². The van der Waals surface area contributed by atoms with Gasteiger partial charge in [0.2, 0.25) is 5.91 Å². The van der Waals surface area contributed by atoms with E-state index < -0.39 is 0 Å². The summed E-state index contributed by atoms with van der Waals surface area (Å²) in [6, 6.07) is 5.74. The number of hydrogen-bond donors (Lipinski definition) is 2. The highest BCUT2D eigenvalue weighted by Gasteiger charge is 2.30. The number of pyridine rings is 1. The van der Waals surface area contributed by atoms with Gasteiger partial charge in [0.25, 0.3) is 5.91 Å². The van der Waals surface area contributed by atoms with Gasteiger partial charge in [-0.2, -0.15) is 0 Å². The van der Waals surface area contributed by atoms with Crippen LogP contribution < -0.4 is 10.6 Å². The van der Waals surface area contributed by atoms with Gasteiger partial charge in [0.1, 0.15) is 11.3 Å². The molecule has 3 rings (SSSR count). The summed E-state index contributed by atoms with van der Waals surface area (Å²) in [5.41, 5.74) is 2.06. The van der Waals surface area contributed by atoms with E-state index >= 15 is 0 Å². The number of carbonyl (C=O) groups excluding carboxylic acids is 2. The number of rotatable bonds is 6. The van der Waals surface area contributed by atoms with E-state index in [0.29, 0.717) is 35.4 Å². The third-order valence-corrected chi connectivity index (χ3v) is 5.54. The van der Waals surface area contributed by atoms with E-state index in [0.717, 1.165) is 31.4 Å². The molecule has 1 saturated carbocycles. The van der Waals surface area contributed by atoms with Gasteiger partial charge in [-0.15, -0.1) is 0 Å². The standard InChI is InChI=1S/C21H28N4O3/c1-13-19(14(2)28-25-13)21(27)23-12-16-7-9-17(10-8-16)20(24-15(3)26)18-6-4-5-11-22-18/h4-6,11,16-17,20H,7-10,12H2,1-3H3,(H,23,27)(H,24,26)/t16?,17?,20-/m0/s1. The van der Waals surface area contributed by atoms with Crippen LogP contribution in [-0.2, 0) is 4.79 Å². The summed E-state index contributed by atoms with van der Waals surface area (Å²) in [7, 11) is 0. The summed E-state index contributed by atoms with van der Waals surface area (Å²) in [6.45, 7) is 5.71. The lowest BCUT2D eigenvalue weighted by atomic mass is 9.77. The Balaban J connectivity index is 1.54. The maximum atomic E-state index is 12.4. The molecule has 0 unspecified atom stereocenters. The van der Waals surface area contributed by atoms with Crippen molar-refractivity contribution in [2.45, 2.75) is 52.5 Å². The second-order valence-electron chi connectivity index (χ2n) is 7.62. The van der Waals surface area contributed by atoms with E-state index in [1.54, 1.807) is 27.0 Å². The highest BCUT2D eigenvalue weighted by Crippen LogP contribution is 2.36. The predicted octanol–water partition coefficient (Wildman–Crippen LogP) is 3.10. The fraction of sp³-hybridized carbons (Fsp3) is 0.524. The molecular weight excluding hydrogens is 356 g/mol. The molecule has 2 heterocycles. The Labute approximate surface area is 165 Å². The van der Waals surface area contributed by atoms with Crippen molar-refractivity contribution in [3.63, 3.8) is 0 Å². The van der Waals surface area contributed by atoms with Gasteiger partial charge in [-0.25, -0.2) is 0 Å². The molecule has 2 N–H and O–H groups in total. The van der Waals surface area contributed by atoms with E-state index in [1.807, 2.05) is 18.2 Å². The average Bonchev–Trinajstić information content (AvgIpc) is 3.03. The van der Waals surface area contributed by atoms with Gasteiger partial charge in [-0.3, -0.25) is 14.6 Å². The third kappa shape index (κ3) is 4.77. The first-order valence-corrected chi connectivity index (χ1v) is 9.84. The zero-order chi connectivity index (χ0) is 20.1. The lowest BCUT2D eigenvalue weighted by Gasteiger charge is -2.34. The molecule has 0 radical (unpaired) electrons. The first-order chi connectivity index (χ1) is 13.5. The Morgan fingerprint density at radius 2 is 1.96 bits per heavy atom. The fourth-order valence-corrected chi connectivity index (χ4v) is 4.07. The molecule has 1 aliphatic rings. The minimum atomic E-state index is -0.122. The van der Waals surface area contributed by atoms with Gasteiger partial charge in [0.15, 0.2) is 0 Å². The molecule has 1 aliphatic carbocycles. The predicted molar refractivity (Wildman–Crippen MR) is 105 cm³/mol. The number of amides is 2. The van der Waals surface area contributed by atoms with Crippen LogP contribution in [0, 0.1) is 25.7 Å². The maximum absolute atomic E-state index is 12.4. The van der Waals surface area contributed by atoms with Crippen LogP contribution in [0.1, 0.15) is 66.2 Å². The van der Waals surface area contributed by atoms with Crippen molar-refractivity contribution in [1.29, 1.82) is 0 Å². The molecule has 28 heavy (non-hydrogen) atoms. The Kier molecular flexibility index (Phi) is 6.44. The Hall–Kier alpha value is -2.70. The van der Waals surface area contributed by atoms with Crippen molar-refractivity contribution < 1.29 is 14.1 Å². The Bertz CT molecular complexity index is 791. The van der Waals surface area contributed by atoms with Gasteiger partial charge >= 0.3 is 0 Å². The van der Waals surface area contributed by atoms with E-state index in [9.17, 15) is 9.59 Å². The number of hydrogen-bond acceptors (Lipinski definition) is 5. The van der Waals surface area contributed by atoms with Crippen LogP contribution in [0.2, 0.25) is 0 Å². The van der Waals surface area contributed by atoms with Crippen LogP contribution >= 0.6 is 0 Å². The van der Waals surface area contributed by atoms with Gasteiger partial charge in [0, 0.05) is 19.7 Å². The molecule has 2 aromatic heterocycles. The molecule has 0 saturated heterocycles. The molecule has 1 fully saturated rings. The monoisotopic (exact) mass is 384 g/mol. The molecule has 0 bridgehead atoms. The molecule has 150 valence electrons. The van der Waals surface area contributed by atoms with Crippen molar-refractivity contribution in [2.75, 3.05) is 6.54 Å². The average molecular weight is 384 g/mol. The van der Waals surface area contributed by atoms with Crippen LogP contribution in [-0.4, -0.2) is 28.5 Å². The summed E-state index contributed by atoms with van der Waals surface area (Å²) in [4.78, 5) is 28.5. The van der Waals surface area contributed by atoms with Crippen LogP contribution in [0.25, 0.3) is 0 Å². The molecular formula is C21H28N4O3. The van der Waals surface area contributed by atoms with Gasteiger partial charge in [0.05, 0.1) is 17.4 Å². The Morgan fingerprint density at radius 3 is 2.54 bits per heavy atom. The zero-order valence-electron chi connectivity index (χ0n) is 16.7. The largest absolute Gasteiger partial charge is 0.361 e. The normalized spacial score (nSPS) is 20.4. The topological polar surface area (TPSA) is 97.1 Å². The van der Waals surface area contributed by atoms with Crippen molar-refractivity contribution in [2.24, 2.45) is 11.8 Å². The number of aryl methyl sites for hydroxylation is 2. The molecule has 0 aliphatic heterocycles. The van der Waals surface area contributed by atoms with E-state index in [2.05, 4.69) is 20.8 Å². The van der Waals surface area contributed by atoms with Crippen LogP contribution in [0.5, 0.6) is 0 Å². The molecule has 1 atom stereocenters. The first kappa shape index (κ1) is 20.0. The highest BCUT2D eigenvalue weighted by atomic mass is 16.5. The van der Waals surface area contributed by atoms with Crippen molar-refractivity contribution in [3.05, 3.63) is 47.1 Å². The first-order valence-electron chi connectivity index (χ1n) is 9.84. The quantitative estimate of drug-likeness (QED) is 0.798. The zero-order valence-corrected chi connectivity index (χ0v) is 16.7. The molecule has 0 aromatic carbocycles. The lowest BCUT2D eigenvalue weighted by Crippen LogP contribution is -2.36. The number of nitrogens with zero attached hydrogens (tertiary/aromatic N) is 2. The maximum Gasteiger partial charge on any atom is 0.256 e. The lowest BCUT2D eigenvalue weighted by molar-refractivity contribution is -0.120. The van der Waals surface area contributed by atoms with E-state index in [1.165, 1.54) is 0 Å². The highest BCUT2D eigenvalue weighted by molar-refractivity contribution is 5.96. The van der Waals surface area contributed by atoms with Crippen molar-refractivity contribution in [3.8, 4) is 0 Å². The summed E-state index contributed by atoms with van der Waals surface area (Å²) >= 11 is 0. The summed E-state index contributed by atoms with van der Waals surface area (Å²) in [5.74, 6) is 1.18. The summed E-state index contributed by atoms with van der Waals surface area (Å²) in [6.07, 6.45) is 5.77. The second kappa shape index (κ2) is 8.99. The number of aromatic nitrogens is 2. The molecule has 2 amide bonds. The van der Waals surface area contributed by atoms with Gasteiger partial charge in [-0.05, 0) is 63.5 Å². The van der Waals surface area contributed by atoms with Crippen molar-refractivity contribution >= 4 is 11.8 Å². The number of nitrogens with one attached hydrogen (secondary N) is 2. The molecule has 0 spiro atoms. The molecule has 2 aromatic rings.